The minimum Gasteiger partial charge on any atom is -0.504 e. The zero-order valence-corrected chi connectivity index (χ0v) is 13.4. The van der Waals surface area contributed by atoms with E-state index in [1.54, 1.807) is 6.07 Å². The number of phenols is 2. The Morgan fingerprint density at radius 3 is 2.48 bits per heavy atom. The summed E-state index contributed by atoms with van der Waals surface area (Å²) in [6.45, 7) is 0. The molecule has 0 radical (unpaired) electrons. The van der Waals surface area contributed by atoms with E-state index in [4.69, 9.17) is 16.3 Å². The van der Waals surface area contributed by atoms with Gasteiger partial charge in [-0.2, -0.15) is 0 Å². The Morgan fingerprint density at radius 2 is 1.92 bits per heavy atom. The van der Waals surface area contributed by atoms with Gasteiger partial charge in [0.2, 0.25) is 0 Å². The van der Waals surface area contributed by atoms with Crippen LogP contribution in [0.4, 0.5) is 5.69 Å². The molecule has 3 aromatic rings. The van der Waals surface area contributed by atoms with Crippen molar-refractivity contribution in [3.05, 3.63) is 45.0 Å². The number of fused-ring (bicyclic) bond motifs is 3. The molecule has 0 aliphatic carbocycles. The monoisotopic (exact) mass is 363 g/mol. The van der Waals surface area contributed by atoms with E-state index in [1.807, 2.05) is 0 Å². The Morgan fingerprint density at radius 1 is 1.24 bits per heavy atom. The fourth-order valence-electron chi connectivity index (χ4n) is 2.87. The number of nitro groups is 1. The molecule has 0 aromatic heterocycles. The van der Waals surface area contributed by atoms with Gasteiger partial charge in [0.25, 0.3) is 5.69 Å². The molecule has 9 heteroatoms. The third kappa shape index (κ3) is 2.26. The average molecular weight is 364 g/mol. The van der Waals surface area contributed by atoms with E-state index in [9.17, 15) is 30.2 Å². The zero-order chi connectivity index (χ0) is 18.5. The fraction of sp³-hybridized carbons (Fsp3) is 0.0625. The van der Waals surface area contributed by atoms with Gasteiger partial charge in [0.1, 0.15) is 10.8 Å². The molecule has 0 aliphatic rings. The Hall–Kier alpha value is -3.26. The zero-order valence-electron chi connectivity index (χ0n) is 12.6. The standard InChI is InChI=1S/C16H10ClNO7/c1-25-9-4-2-3-6-10(9)13(17)14(18(23)24)11-7(16(21)22)5-8(19)15(20)12(6)11/h2-5,19-20H,1H3,(H,21,22). The summed E-state index contributed by atoms with van der Waals surface area (Å²) >= 11 is 6.21. The number of carboxylic acids is 1. The van der Waals surface area contributed by atoms with Crippen LogP contribution in [0.1, 0.15) is 10.4 Å². The first-order chi connectivity index (χ1) is 11.8. The van der Waals surface area contributed by atoms with Crippen LogP contribution < -0.4 is 4.74 Å². The molecule has 0 bridgehead atoms. The van der Waals surface area contributed by atoms with Crippen LogP contribution in [0.25, 0.3) is 21.5 Å². The van der Waals surface area contributed by atoms with Crippen LogP contribution in [0, 0.1) is 10.1 Å². The first-order valence-electron chi connectivity index (χ1n) is 6.84. The Kier molecular flexibility index (Phi) is 3.77. The van der Waals surface area contributed by atoms with Crippen molar-refractivity contribution in [2.45, 2.75) is 0 Å². The fourth-order valence-corrected chi connectivity index (χ4v) is 3.23. The highest BCUT2D eigenvalue weighted by molar-refractivity contribution is 6.42. The number of ether oxygens (including phenoxy) is 1. The molecule has 3 rings (SSSR count). The van der Waals surface area contributed by atoms with E-state index in [1.165, 1.54) is 19.2 Å². The number of hydrogen-bond donors (Lipinski definition) is 3. The quantitative estimate of drug-likeness (QED) is 0.280. The molecule has 25 heavy (non-hydrogen) atoms. The van der Waals surface area contributed by atoms with Crippen molar-refractivity contribution in [2.24, 2.45) is 0 Å². The van der Waals surface area contributed by atoms with E-state index in [-0.39, 0.29) is 32.3 Å². The third-order valence-electron chi connectivity index (χ3n) is 3.87. The number of phenolic OH excluding ortho intramolecular Hbond substituents is 2. The van der Waals surface area contributed by atoms with Gasteiger partial charge < -0.3 is 20.1 Å². The molecular weight excluding hydrogens is 354 g/mol. The van der Waals surface area contributed by atoms with Gasteiger partial charge in [0.05, 0.1) is 28.4 Å². The molecule has 3 N–H and O–H groups in total. The van der Waals surface area contributed by atoms with Crippen LogP contribution in [0.3, 0.4) is 0 Å². The number of benzene rings is 3. The van der Waals surface area contributed by atoms with Crippen LogP contribution in [0.5, 0.6) is 17.2 Å². The molecular formula is C16H10ClNO7. The van der Waals surface area contributed by atoms with Gasteiger partial charge in [-0.15, -0.1) is 0 Å². The largest absolute Gasteiger partial charge is 0.504 e. The number of hydrogen-bond acceptors (Lipinski definition) is 6. The smallest absolute Gasteiger partial charge is 0.336 e. The SMILES string of the molecule is COc1cccc2c1c(Cl)c([N+](=O)[O-])c1c(C(=O)O)cc(O)c(O)c12. The minimum atomic E-state index is -1.51. The van der Waals surface area contributed by atoms with Crippen molar-refractivity contribution in [2.75, 3.05) is 7.11 Å². The lowest BCUT2D eigenvalue weighted by molar-refractivity contribution is -0.382. The third-order valence-corrected chi connectivity index (χ3v) is 4.24. The molecule has 0 spiro atoms. The lowest BCUT2D eigenvalue weighted by Gasteiger charge is -2.14. The Balaban J connectivity index is 2.80. The van der Waals surface area contributed by atoms with Gasteiger partial charge in [-0.05, 0) is 17.5 Å². The summed E-state index contributed by atoms with van der Waals surface area (Å²) in [6, 6.07) is 5.30. The molecule has 0 unspecified atom stereocenters. The highest BCUT2D eigenvalue weighted by Crippen LogP contribution is 2.50. The van der Waals surface area contributed by atoms with Gasteiger partial charge in [-0.3, -0.25) is 10.1 Å². The summed E-state index contributed by atoms with van der Waals surface area (Å²) in [6.07, 6.45) is 0. The second-order valence-corrected chi connectivity index (χ2v) is 5.53. The molecule has 0 heterocycles. The van der Waals surface area contributed by atoms with Crippen LogP contribution in [-0.2, 0) is 0 Å². The molecule has 0 saturated heterocycles. The lowest BCUT2D eigenvalue weighted by Crippen LogP contribution is -2.02. The van der Waals surface area contributed by atoms with Gasteiger partial charge in [0, 0.05) is 5.39 Å². The van der Waals surface area contributed by atoms with Crippen molar-refractivity contribution < 1.29 is 29.8 Å². The molecule has 128 valence electrons. The van der Waals surface area contributed by atoms with Crippen molar-refractivity contribution in [3.8, 4) is 17.2 Å². The molecule has 0 aliphatic heterocycles. The second kappa shape index (κ2) is 5.67. The van der Waals surface area contributed by atoms with E-state index >= 15 is 0 Å². The molecule has 8 nitrogen and oxygen atoms in total. The van der Waals surface area contributed by atoms with Crippen molar-refractivity contribution >= 4 is 44.8 Å². The number of carboxylic acid groups (broad SMARTS) is 1. The van der Waals surface area contributed by atoms with Gasteiger partial charge in [0.15, 0.2) is 11.5 Å². The van der Waals surface area contributed by atoms with Crippen molar-refractivity contribution in [3.63, 3.8) is 0 Å². The summed E-state index contributed by atoms with van der Waals surface area (Å²) in [7, 11) is 1.34. The first kappa shape index (κ1) is 16.6. The van der Waals surface area contributed by atoms with E-state index in [0.717, 1.165) is 6.07 Å². The topological polar surface area (TPSA) is 130 Å². The van der Waals surface area contributed by atoms with Crippen LogP contribution in [0.15, 0.2) is 24.3 Å². The predicted octanol–water partition coefficient (Wildman–Crippen LogP) is 3.67. The van der Waals surface area contributed by atoms with Crippen LogP contribution >= 0.6 is 11.6 Å². The maximum Gasteiger partial charge on any atom is 0.336 e. The van der Waals surface area contributed by atoms with Crippen LogP contribution in [-0.4, -0.2) is 33.3 Å². The van der Waals surface area contributed by atoms with Gasteiger partial charge >= 0.3 is 5.97 Å². The summed E-state index contributed by atoms with van der Waals surface area (Å²) in [4.78, 5) is 22.3. The maximum atomic E-state index is 11.6. The number of methoxy groups -OCH3 is 1. The summed E-state index contributed by atoms with van der Waals surface area (Å²) in [5, 5.41) is 40.6. The van der Waals surface area contributed by atoms with Gasteiger partial charge in [-0.25, -0.2) is 4.79 Å². The number of halogens is 1. The Labute approximate surface area is 144 Å². The number of aromatic hydroxyl groups is 2. The number of aromatic carboxylic acids is 1. The number of nitro benzene ring substituents is 1. The first-order valence-corrected chi connectivity index (χ1v) is 7.21. The van der Waals surface area contributed by atoms with Gasteiger partial charge in [-0.1, -0.05) is 23.7 Å². The summed E-state index contributed by atoms with van der Waals surface area (Å²) in [5.41, 5.74) is -1.25. The highest BCUT2D eigenvalue weighted by atomic mass is 35.5. The van der Waals surface area contributed by atoms with Crippen LogP contribution in [0.2, 0.25) is 5.02 Å². The van der Waals surface area contributed by atoms with Crippen molar-refractivity contribution in [1.82, 2.24) is 0 Å². The maximum absolute atomic E-state index is 11.6. The molecule has 0 atom stereocenters. The van der Waals surface area contributed by atoms with E-state index in [0.29, 0.717) is 0 Å². The minimum absolute atomic E-state index is 0.128. The second-order valence-electron chi connectivity index (χ2n) is 5.15. The number of carbonyl (C=O) groups is 1. The summed E-state index contributed by atoms with van der Waals surface area (Å²) in [5.74, 6) is -2.71. The molecule has 0 fully saturated rings. The number of rotatable bonds is 3. The molecule has 0 saturated carbocycles. The highest BCUT2D eigenvalue weighted by Gasteiger charge is 2.30. The summed E-state index contributed by atoms with van der Waals surface area (Å²) < 4.78 is 5.17. The van der Waals surface area contributed by atoms with Crippen molar-refractivity contribution in [1.29, 1.82) is 0 Å². The Bertz CT molecular complexity index is 1080. The lowest BCUT2D eigenvalue weighted by atomic mass is 9.94. The molecule has 3 aromatic carbocycles. The molecule has 0 amide bonds. The number of nitrogens with zero attached hydrogens (tertiary/aromatic N) is 1. The normalized spacial score (nSPS) is 11.0. The average Bonchev–Trinajstić information content (AvgIpc) is 2.56. The van der Waals surface area contributed by atoms with E-state index in [2.05, 4.69) is 0 Å². The van der Waals surface area contributed by atoms with E-state index < -0.39 is 33.6 Å². The predicted molar refractivity (Wildman–Crippen MR) is 90.0 cm³/mol.